The lowest BCUT2D eigenvalue weighted by atomic mass is 9.95. The van der Waals surface area contributed by atoms with Crippen LogP contribution in [0.25, 0.3) is 0 Å². The molecule has 0 radical (unpaired) electrons. The zero-order chi connectivity index (χ0) is 21.5. The first-order valence-corrected chi connectivity index (χ1v) is 10.3. The zero-order valence-electron chi connectivity index (χ0n) is 16.5. The number of hydrogen-bond acceptors (Lipinski definition) is 3. The fraction of sp³-hybridized carbons (Fsp3) is 0.318. The summed E-state index contributed by atoms with van der Waals surface area (Å²) >= 11 is 5.92. The lowest BCUT2D eigenvalue weighted by molar-refractivity contribution is -0.135. The van der Waals surface area contributed by atoms with Crippen molar-refractivity contribution < 1.29 is 14.4 Å². The van der Waals surface area contributed by atoms with Crippen molar-refractivity contribution in [1.29, 1.82) is 0 Å². The Bertz CT molecular complexity index is 881. The van der Waals surface area contributed by atoms with Gasteiger partial charge in [0, 0.05) is 29.7 Å². The van der Waals surface area contributed by atoms with Crippen LogP contribution in [0.1, 0.15) is 30.9 Å². The first-order valence-electron chi connectivity index (χ1n) is 9.87. The number of rotatable bonds is 6. The molecule has 158 valence electrons. The third kappa shape index (κ3) is 5.97. The normalized spacial score (nSPS) is 15.3. The van der Waals surface area contributed by atoms with E-state index < -0.39 is 12.1 Å². The number of para-hydroxylation sites is 1. The van der Waals surface area contributed by atoms with Crippen LogP contribution < -0.4 is 16.4 Å². The molecule has 0 aromatic heterocycles. The molecular formula is C22H25ClN4O3. The number of carbonyl (C=O) groups excluding carboxylic acids is 3. The Hall–Kier alpha value is -3.06. The van der Waals surface area contributed by atoms with Crippen LogP contribution in [0.4, 0.5) is 10.5 Å². The SMILES string of the molecule is NC(=O)N[C@H](CC(=O)N1CCC(C(=O)Nc2ccccc2)CC1)c1ccc(Cl)cc1. The average molecular weight is 429 g/mol. The predicted octanol–water partition coefficient (Wildman–Crippen LogP) is 3.32. The minimum Gasteiger partial charge on any atom is -0.352 e. The highest BCUT2D eigenvalue weighted by molar-refractivity contribution is 6.30. The minimum absolute atomic E-state index is 0.0252. The Kier molecular flexibility index (Phi) is 7.30. The van der Waals surface area contributed by atoms with Crippen LogP contribution in [-0.2, 0) is 9.59 Å². The van der Waals surface area contributed by atoms with E-state index in [0.29, 0.717) is 31.0 Å². The second-order valence-electron chi connectivity index (χ2n) is 7.33. The first-order chi connectivity index (χ1) is 14.4. The van der Waals surface area contributed by atoms with Gasteiger partial charge < -0.3 is 21.3 Å². The van der Waals surface area contributed by atoms with E-state index in [1.165, 1.54) is 0 Å². The molecule has 4 N–H and O–H groups in total. The van der Waals surface area contributed by atoms with Crippen molar-refractivity contribution in [2.45, 2.75) is 25.3 Å². The highest BCUT2D eigenvalue weighted by Gasteiger charge is 2.29. The number of anilines is 1. The summed E-state index contributed by atoms with van der Waals surface area (Å²) in [5, 5.41) is 6.11. The van der Waals surface area contributed by atoms with Gasteiger partial charge in [0.05, 0.1) is 12.5 Å². The van der Waals surface area contributed by atoms with Crippen LogP contribution in [0.15, 0.2) is 54.6 Å². The van der Waals surface area contributed by atoms with Crippen LogP contribution >= 0.6 is 11.6 Å². The number of primary amides is 1. The van der Waals surface area contributed by atoms with Crippen LogP contribution in [0.3, 0.4) is 0 Å². The van der Waals surface area contributed by atoms with Crippen molar-refractivity contribution in [2.24, 2.45) is 11.7 Å². The Morgan fingerprint density at radius 3 is 2.27 bits per heavy atom. The molecule has 4 amide bonds. The van der Waals surface area contributed by atoms with Crippen LogP contribution in [0.5, 0.6) is 0 Å². The van der Waals surface area contributed by atoms with Gasteiger partial charge in [0.15, 0.2) is 0 Å². The van der Waals surface area contributed by atoms with Gasteiger partial charge in [-0.1, -0.05) is 41.9 Å². The molecule has 0 bridgehead atoms. The number of likely N-dealkylation sites (tertiary alicyclic amines) is 1. The number of amides is 4. The minimum atomic E-state index is -0.695. The van der Waals surface area contributed by atoms with Crippen molar-refractivity contribution in [2.75, 3.05) is 18.4 Å². The standard InChI is InChI=1S/C22H25ClN4O3/c23-17-8-6-15(7-9-17)19(26-22(24)30)14-20(28)27-12-10-16(11-13-27)21(29)25-18-4-2-1-3-5-18/h1-9,16,19H,10-14H2,(H,25,29)(H3,24,26,30)/t19-/m1/s1. The number of carbonyl (C=O) groups is 3. The molecule has 3 rings (SSSR count). The molecular weight excluding hydrogens is 404 g/mol. The second kappa shape index (κ2) is 10.1. The number of hydrogen-bond donors (Lipinski definition) is 3. The Labute approximate surface area is 180 Å². The Balaban J connectivity index is 1.55. The van der Waals surface area contributed by atoms with Crippen molar-refractivity contribution in [1.82, 2.24) is 10.2 Å². The maximum atomic E-state index is 12.8. The van der Waals surface area contributed by atoms with Crippen LogP contribution in [0, 0.1) is 5.92 Å². The molecule has 1 fully saturated rings. The lowest BCUT2D eigenvalue weighted by Gasteiger charge is -2.32. The number of nitrogens with two attached hydrogens (primary N) is 1. The molecule has 2 aromatic rings. The van der Waals surface area contributed by atoms with E-state index in [9.17, 15) is 14.4 Å². The van der Waals surface area contributed by atoms with Gasteiger partial charge in [-0.2, -0.15) is 0 Å². The van der Waals surface area contributed by atoms with E-state index in [4.69, 9.17) is 17.3 Å². The molecule has 0 unspecified atom stereocenters. The summed E-state index contributed by atoms with van der Waals surface area (Å²) in [5.41, 5.74) is 6.81. The molecule has 1 atom stereocenters. The number of urea groups is 1. The summed E-state index contributed by atoms with van der Waals surface area (Å²) in [4.78, 5) is 38.4. The number of nitrogens with one attached hydrogen (secondary N) is 2. The Morgan fingerprint density at radius 2 is 1.67 bits per heavy atom. The van der Waals surface area contributed by atoms with E-state index in [1.807, 2.05) is 30.3 Å². The summed E-state index contributed by atoms with van der Waals surface area (Å²) in [6, 6.07) is 15.0. The van der Waals surface area contributed by atoms with Gasteiger partial charge >= 0.3 is 6.03 Å². The van der Waals surface area contributed by atoms with Gasteiger partial charge in [-0.25, -0.2) is 4.79 Å². The topological polar surface area (TPSA) is 105 Å². The summed E-state index contributed by atoms with van der Waals surface area (Å²) in [7, 11) is 0. The van der Waals surface area contributed by atoms with Crippen LogP contribution in [0.2, 0.25) is 5.02 Å². The van der Waals surface area contributed by atoms with Gasteiger partial charge in [-0.3, -0.25) is 9.59 Å². The van der Waals surface area contributed by atoms with Crippen LogP contribution in [-0.4, -0.2) is 35.8 Å². The van der Waals surface area contributed by atoms with Crippen molar-refractivity contribution in [3.05, 3.63) is 65.2 Å². The van der Waals surface area contributed by atoms with E-state index in [-0.39, 0.29) is 24.2 Å². The number of piperidine rings is 1. The second-order valence-corrected chi connectivity index (χ2v) is 7.76. The van der Waals surface area contributed by atoms with Gasteiger partial charge in [0.25, 0.3) is 0 Å². The van der Waals surface area contributed by atoms with Crippen molar-refractivity contribution >= 4 is 35.1 Å². The zero-order valence-corrected chi connectivity index (χ0v) is 17.3. The molecule has 1 aliphatic heterocycles. The molecule has 30 heavy (non-hydrogen) atoms. The van der Waals surface area contributed by atoms with E-state index >= 15 is 0 Å². The van der Waals surface area contributed by atoms with Crippen molar-refractivity contribution in [3.8, 4) is 0 Å². The summed E-state index contributed by atoms with van der Waals surface area (Å²) < 4.78 is 0. The predicted molar refractivity (Wildman–Crippen MR) is 116 cm³/mol. The third-order valence-corrected chi connectivity index (χ3v) is 5.48. The molecule has 0 aliphatic carbocycles. The summed E-state index contributed by atoms with van der Waals surface area (Å²) in [5.74, 6) is -0.251. The quantitative estimate of drug-likeness (QED) is 0.657. The summed E-state index contributed by atoms with van der Waals surface area (Å²) in [6.07, 6.45) is 1.28. The van der Waals surface area contributed by atoms with Gasteiger partial charge in [-0.15, -0.1) is 0 Å². The average Bonchev–Trinajstić information content (AvgIpc) is 2.74. The molecule has 0 saturated carbocycles. The smallest absolute Gasteiger partial charge is 0.312 e. The lowest BCUT2D eigenvalue weighted by Crippen LogP contribution is -2.43. The number of halogens is 1. The van der Waals surface area contributed by atoms with E-state index in [2.05, 4.69) is 10.6 Å². The van der Waals surface area contributed by atoms with Gasteiger partial charge in [0.1, 0.15) is 0 Å². The van der Waals surface area contributed by atoms with Crippen molar-refractivity contribution in [3.63, 3.8) is 0 Å². The highest BCUT2D eigenvalue weighted by Crippen LogP contribution is 2.24. The largest absolute Gasteiger partial charge is 0.352 e. The Morgan fingerprint density at radius 1 is 1.03 bits per heavy atom. The first kappa shape index (κ1) is 21.6. The fourth-order valence-corrected chi connectivity index (χ4v) is 3.71. The number of nitrogens with zero attached hydrogens (tertiary/aromatic N) is 1. The monoisotopic (exact) mass is 428 g/mol. The highest BCUT2D eigenvalue weighted by atomic mass is 35.5. The summed E-state index contributed by atoms with van der Waals surface area (Å²) in [6.45, 7) is 0.991. The number of benzene rings is 2. The fourth-order valence-electron chi connectivity index (χ4n) is 3.58. The maximum Gasteiger partial charge on any atom is 0.312 e. The molecule has 0 spiro atoms. The third-order valence-electron chi connectivity index (χ3n) is 5.23. The molecule has 1 saturated heterocycles. The maximum absolute atomic E-state index is 12.8. The van der Waals surface area contributed by atoms with Gasteiger partial charge in [-0.05, 0) is 42.7 Å². The molecule has 2 aromatic carbocycles. The van der Waals surface area contributed by atoms with Gasteiger partial charge in [0.2, 0.25) is 11.8 Å². The van der Waals surface area contributed by atoms with E-state index in [1.54, 1.807) is 29.2 Å². The molecule has 1 heterocycles. The molecule has 1 aliphatic rings. The van der Waals surface area contributed by atoms with E-state index in [0.717, 1.165) is 11.3 Å². The molecule has 7 nitrogen and oxygen atoms in total. The molecule has 8 heteroatoms.